The lowest BCUT2D eigenvalue weighted by molar-refractivity contribution is 0.321. The predicted molar refractivity (Wildman–Crippen MR) is 60.4 cm³/mol. The van der Waals surface area contributed by atoms with Crippen LogP contribution in [0, 0.1) is 6.07 Å². The molecule has 0 saturated heterocycles. The minimum Gasteiger partial charge on any atom is -0.297 e. The molecule has 1 radical (unpaired) electrons. The zero-order chi connectivity index (χ0) is 10.4. The monoisotopic (exact) mass is 189 g/mol. The molecule has 0 spiro atoms. The molecular formula is C12H17N2. The van der Waals surface area contributed by atoms with Crippen molar-refractivity contribution < 1.29 is 0 Å². The average Bonchev–Trinajstić information content (AvgIpc) is 2.26. The predicted octanol–water partition coefficient (Wildman–Crippen LogP) is 2.55. The minimum atomic E-state index is 0.951. The van der Waals surface area contributed by atoms with Gasteiger partial charge in [-0.3, -0.25) is 5.01 Å². The maximum Gasteiger partial charge on any atom is 0.0646 e. The van der Waals surface area contributed by atoms with Crippen molar-refractivity contribution in [2.45, 2.75) is 20.8 Å². The average molecular weight is 189 g/mol. The van der Waals surface area contributed by atoms with Crippen LogP contribution in [-0.4, -0.2) is 23.8 Å². The molecule has 75 valence electrons. The summed E-state index contributed by atoms with van der Waals surface area (Å²) in [6, 6.07) is 10.9. The van der Waals surface area contributed by atoms with Gasteiger partial charge < -0.3 is 0 Å². The molecule has 2 heteroatoms. The number of nitrogens with zero attached hydrogens (tertiary/aromatic N) is 2. The van der Waals surface area contributed by atoms with Gasteiger partial charge in [0.1, 0.15) is 0 Å². The maximum absolute atomic E-state index is 4.52. The quantitative estimate of drug-likeness (QED) is 0.525. The molecule has 0 atom stereocenters. The molecule has 1 aromatic rings. The Balaban J connectivity index is 2.78. The van der Waals surface area contributed by atoms with Gasteiger partial charge in [0.25, 0.3) is 0 Å². The van der Waals surface area contributed by atoms with Gasteiger partial charge in [-0.2, -0.15) is 5.10 Å². The third-order valence-electron chi connectivity index (χ3n) is 2.16. The van der Waals surface area contributed by atoms with E-state index >= 15 is 0 Å². The summed E-state index contributed by atoms with van der Waals surface area (Å²) in [7, 11) is 0. The van der Waals surface area contributed by atoms with Crippen molar-refractivity contribution >= 4 is 5.71 Å². The van der Waals surface area contributed by atoms with Crippen LogP contribution < -0.4 is 0 Å². The molecule has 0 aliphatic rings. The highest BCUT2D eigenvalue weighted by atomic mass is 15.4. The molecule has 0 N–H and O–H groups in total. The summed E-state index contributed by atoms with van der Waals surface area (Å²) in [6.45, 7) is 8.16. The van der Waals surface area contributed by atoms with Gasteiger partial charge in [0, 0.05) is 13.1 Å². The number of benzene rings is 1. The zero-order valence-electron chi connectivity index (χ0n) is 9.12. The van der Waals surface area contributed by atoms with E-state index in [1.807, 2.05) is 36.2 Å². The highest BCUT2D eigenvalue weighted by Crippen LogP contribution is 2.02. The zero-order valence-corrected chi connectivity index (χ0v) is 9.12. The number of hydrogen-bond donors (Lipinski definition) is 0. The summed E-state index contributed by atoms with van der Waals surface area (Å²) in [5.41, 5.74) is 2.22. The van der Waals surface area contributed by atoms with E-state index in [1.165, 1.54) is 0 Å². The summed E-state index contributed by atoms with van der Waals surface area (Å²) < 4.78 is 0. The van der Waals surface area contributed by atoms with E-state index in [2.05, 4.69) is 25.0 Å². The molecule has 0 amide bonds. The van der Waals surface area contributed by atoms with Crippen LogP contribution in [0.1, 0.15) is 26.3 Å². The lowest BCUT2D eigenvalue weighted by Gasteiger charge is -2.15. The molecular weight excluding hydrogens is 172 g/mol. The minimum absolute atomic E-state index is 0.951. The molecule has 2 nitrogen and oxygen atoms in total. The molecule has 0 saturated carbocycles. The highest BCUT2D eigenvalue weighted by molar-refractivity contribution is 5.98. The Labute approximate surface area is 86.2 Å². The van der Waals surface area contributed by atoms with E-state index in [9.17, 15) is 0 Å². The van der Waals surface area contributed by atoms with Gasteiger partial charge in [0.15, 0.2) is 0 Å². The molecule has 1 rings (SSSR count). The third-order valence-corrected chi connectivity index (χ3v) is 2.16. The fraction of sp³-hybridized carbons (Fsp3) is 0.417. The molecule has 0 fully saturated rings. The largest absolute Gasteiger partial charge is 0.297 e. The molecule has 1 aromatic carbocycles. The van der Waals surface area contributed by atoms with E-state index in [0.29, 0.717) is 0 Å². The SMILES string of the molecule is CCN(CC)N=C(C)c1cc[c]cc1. The Morgan fingerprint density at radius 3 is 2.36 bits per heavy atom. The van der Waals surface area contributed by atoms with Crippen molar-refractivity contribution in [1.82, 2.24) is 5.01 Å². The Bertz CT molecular complexity index is 286. The van der Waals surface area contributed by atoms with E-state index < -0.39 is 0 Å². The van der Waals surface area contributed by atoms with Crippen LogP contribution >= 0.6 is 0 Å². The lowest BCUT2D eigenvalue weighted by atomic mass is 10.1. The van der Waals surface area contributed by atoms with Crippen LogP contribution in [0.4, 0.5) is 0 Å². The van der Waals surface area contributed by atoms with Gasteiger partial charge in [-0.25, -0.2) is 0 Å². The van der Waals surface area contributed by atoms with Crippen molar-refractivity contribution in [3.8, 4) is 0 Å². The fourth-order valence-electron chi connectivity index (χ4n) is 1.26. The molecule has 0 heterocycles. The van der Waals surface area contributed by atoms with Crippen LogP contribution in [0.3, 0.4) is 0 Å². The summed E-state index contributed by atoms with van der Waals surface area (Å²) in [5, 5.41) is 6.57. The van der Waals surface area contributed by atoms with Crippen LogP contribution in [0.25, 0.3) is 0 Å². The second-order valence-corrected chi connectivity index (χ2v) is 3.11. The van der Waals surface area contributed by atoms with Gasteiger partial charge in [-0.15, -0.1) is 0 Å². The van der Waals surface area contributed by atoms with Crippen molar-refractivity contribution in [3.63, 3.8) is 0 Å². The first-order valence-corrected chi connectivity index (χ1v) is 5.04. The standard InChI is InChI=1S/C12H17N2/c1-4-14(5-2)13-11(3)12-9-7-6-8-10-12/h7-10H,4-5H2,1-3H3. The second kappa shape index (κ2) is 5.43. The van der Waals surface area contributed by atoms with Gasteiger partial charge in [-0.05, 0) is 32.4 Å². The number of hydrogen-bond acceptors (Lipinski definition) is 2. The van der Waals surface area contributed by atoms with E-state index in [1.54, 1.807) is 0 Å². The number of rotatable bonds is 4. The first-order valence-electron chi connectivity index (χ1n) is 5.04. The maximum atomic E-state index is 4.52. The molecule has 0 aromatic heterocycles. The van der Waals surface area contributed by atoms with Crippen LogP contribution in [-0.2, 0) is 0 Å². The van der Waals surface area contributed by atoms with Gasteiger partial charge in [-0.1, -0.05) is 24.3 Å². The first kappa shape index (κ1) is 10.8. The van der Waals surface area contributed by atoms with E-state index in [-0.39, 0.29) is 0 Å². The molecule has 0 aliphatic carbocycles. The number of hydrazone groups is 1. The lowest BCUT2D eigenvalue weighted by Crippen LogP contribution is -2.18. The smallest absolute Gasteiger partial charge is 0.0646 e. The van der Waals surface area contributed by atoms with Crippen molar-refractivity contribution in [1.29, 1.82) is 0 Å². The van der Waals surface area contributed by atoms with Gasteiger partial charge >= 0.3 is 0 Å². The normalized spacial score (nSPS) is 11.5. The summed E-state index contributed by atoms with van der Waals surface area (Å²) in [6.07, 6.45) is 0. The van der Waals surface area contributed by atoms with Gasteiger partial charge in [0.05, 0.1) is 5.71 Å². The highest BCUT2D eigenvalue weighted by Gasteiger charge is 1.98. The molecule has 0 bridgehead atoms. The van der Waals surface area contributed by atoms with Crippen LogP contribution in [0.5, 0.6) is 0 Å². The Hall–Kier alpha value is -1.31. The third kappa shape index (κ3) is 2.87. The molecule has 0 unspecified atom stereocenters. The fourth-order valence-corrected chi connectivity index (χ4v) is 1.26. The Morgan fingerprint density at radius 2 is 1.86 bits per heavy atom. The van der Waals surface area contributed by atoms with Crippen LogP contribution in [0.15, 0.2) is 29.4 Å². The molecule has 0 aliphatic heterocycles. The van der Waals surface area contributed by atoms with Crippen molar-refractivity contribution in [3.05, 3.63) is 35.9 Å². The van der Waals surface area contributed by atoms with E-state index in [4.69, 9.17) is 0 Å². The van der Waals surface area contributed by atoms with E-state index in [0.717, 1.165) is 24.4 Å². The summed E-state index contributed by atoms with van der Waals surface area (Å²) in [5.74, 6) is 0. The summed E-state index contributed by atoms with van der Waals surface area (Å²) >= 11 is 0. The van der Waals surface area contributed by atoms with Crippen molar-refractivity contribution in [2.24, 2.45) is 5.10 Å². The van der Waals surface area contributed by atoms with Crippen molar-refractivity contribution in [2.75, 3.05) is 13.1 Å². The topological polar surface area (TPSA) is 15.6 Å². The summed E-state index contributed by atoms with van der Waals surface area (Å²) in [4.78, 5) is 0. The van der Waals surface area contributed by atoms with Crippen LogP contribution in [0.2, 0.25) is 0 Å². The second-order valence-electron chi connectivity index (χ2n) is 3.11. The first-order chi connectivity index (χ1) is 6.77. The Kier molecular flexibility index (Phi) is 4.17. The Morgan fingerprint density at radius 1 is 1.29 bits per heavy atom. The van der Waals surface area contributed by atoms with Gasteiger partial charge in [0.2, 0.25) is 0 Å². The molecule has 14 heavy (non-hydrogen) atoms.